The van der Waals surface area contributed by atoms with Crippen LogP contribution in [0, 0.1) is 0 Å². The van der Waals surface area contributed by atoms with Gasteiger partial charge in [0.25, 0.3) is 5.56 Å². The van der Waals surface area contributed by atoms with Crippen LogP contribution in [0.3, 0.4) is 0 Å². The summed E-state index contributed by atoms with van der Waals surface area (Å²) >= 11 is 3.31. The quantitative estimate of drug-likeness (QED) is 0.726. The van der Waals surface area contributed by atoms with Gasteiger partial charge in [0, 0.05) is 12.3 Å². The number of rotatable bonds is 1. The molecule has 0 aromatic carbocycles. The maximum atomic E-state index is 11.5. The Morgan fingerprint density at radius 3 is 2.64 bits per heavy atom. The molecule has 0 spiro atoms. The van der Waals surface area contributed by atoms with Crippen LogP contribution < -0.4 is 5.56 Å². The number of hydrogen-bond acceptors (Lipinski definition) is 2. The fourth-order valence-corrected chi connectivity index (χ4v) is 1.68. The Hall–Kier alpha value is -1.42. The van der Waals surface area contributed by atoms with Crippen LogP contribution in [-0.4, -0.2) is 9.55 Å². The minimum absolute atomic E-state index is 0.0990. The van der Waals surface area contributed by atoms with Gasteiger partial charge >= 0.3 is 0 Å². The van der Waals surface area contributed by atoms with E-state index in [9.17, 15) is 4.79 Å². The van der Waals surface area contributed by atoms with Gasteiger partial charge in [-0.05, 0) is 34.1 Å². The standard InChI is InChI=1S/C10H7BrN2O/c11-8-4-3-6-10(14)13(8)9-5-1-2-7-12-9/h1-7H. The fraction of sp³-hybridized carbons (Fsp3) is 0. The normalized spacial score (nSPS) is 10.1. The number of nitrogens with zero attached hydrogens (tertiary/aromatic N) is 2. The first kappa shape index (κ1) is 9.15. The molecule has 0 atom stereocenters. The SMILES string of the molecule is O=c1cccc(Br)n1-c1ccccn1. The largest absolute Gasteiger partial charge is 0.269 e. The van der Waals surface area contributed by atoms with Crippen molar-refractivity contribution in [2.24, 2.45) is 0 Å². The molecule has 4 heteroatoms. The Labute approximate surface area is 89.2 Å². The van der Waals surface area contributed by atoms with Gasteiger partial charge in [-0.1, -0.05) is 12.1 Å². The Morgan fingerprint density at radius 1 is 1.14 bits per heavy atom. The van der Waals surface area contributed by atoms with Crippen molar-refractivity contribution < 1.29 is 0 Å². The van der Waals surface area contributed by atoms with Gasteiger partial charge in [0.05, 0.1) is 4.60 Å². The van der Waals surface area contributed by atoms with Crippen molar-refractivity contribution in [2.45, 2.75) is 0 Å². The zero-order valence-corrected chi connectivity index (χ0v) is 8.81. The third-order valence-electron chi connectivity index (χ3n) is 1.78. The number of pyridine rings is 2. The summed E-state index contributed by atoms with van der Waals surface area (Å²) in [5, 5.41) is 0. The molecule has 14 heavy (non-hydrogen) atoms. The summed E-state index contributed by atoms with van der Waals surface area (Å²) in [5.74, 6) is 0.616. The summed E-state index contributed by atoms with van der Waals surface area (Å²) in [6, 6.07) is 10.4. The highest BCUT2D eigenvalue weighted by Crippen LogP contribution is 2.10. The van der Waals surface area contributed by atoms with Gasteiger partial charge in [0.15, 0.2) is 0 Å². The summed E-state index contributed by atoms with van der Waals surface area (Å²) in [6.45, 7) is 0. The molecule has 0 aliphatic heterocycles. The Bertz CT molecular complexity index is 493. The maximum Gasteiger partial charge on any atom is 0.257 e. The minimum atomic E-state index is -0.0990. The zero-order chi connectivity index (χ0) is 9.97. The molecule has 0 amide bonds. The molecule has 2 rings (SSSR count). The van der Waals surface area contributed by atoms with E-state index in [1.165, 1.54) is 10.6 Å². The van der Waals surface area contributed by atoms with Gasteiger partial charge in [0.1, 0.15) is 5.82 Å². The van der Waals surface area contributed by atoms with Crippen LogP contribution in [0.2, 0.25) is 0 Å². The Kier molecular flexibility index (Phi) is 2.45. The molecule has 0 saturated carbocycles. The lowest BCUT2D eigenvalue weighted by Gasteiger charge is -2.05. The summed E-state index contributed by atoms with van der Waals surface area (Å²) in [4.78, 5) is 15.6. The van der Waals surface area contributed by atoms with Crippen molar-refractivity contribution in [1.82, 2.24) is 9.55 Å². The second-order valence-electron chi connectivity index (χ2n) is 2.71. The van der Waals surface area contributed by atoms with E-state index in [1.54, 1.807) is 24.4 Å². The molecule has 0 bridgehead atoms. The van der Waals surface area contributed by atoms with Gasteiger partial charge in [-0.25, -0.2) is 4.98 Å². The van der Waals surface area contributed by atoms with E-state index in [2.05, 4.69) is 20.9 Å². The van der Waals surface area contributed by atoms with E-state index in [1.807, 2.05) is 12.1 Å². The van der Waals surface area contributed by atoms with E-state index in [0.29, 0.717) is 10.4 Å². The van der Waals surface area contributed by atoms with E-state index in [-0.39, 0.29) is 5.56 Å². The van der Waals surface area contributed by atoms with Gasteiger partial charge in [-0.3, -0.25) is 9.36 Å². The molecule has 0 aliphatic carbocycles. The zero-order valence-electron chi connectivity index (χ0n) is 7.22. The van der Waals surface area contributed by atoms with Crippen LogP contribution in [0.5, 0.6) is 0 Å². The first-order valence-electron chi connectivity index (χ1n) is 4.08. The smallest absolute Gasteiger partial charge is 0.257 e. The van der Waals surface area contributed by atoms with Crippen LogP contribution in [0.25, 0.3) is 5.82 Å². The van der Waals surface area contributed by atoms with Crippen molar-refractivity contribution in [3.63, 3.8) is 0 Å². The monoisotopic (exact) mass is 250 g/mol. The van der Waals surface area contributed by atoms with Gasteiger partial charge in [-0.2, -0.15) is 0 Å². The number of hydrogen-bond donors (Lipinski definition) is 0. The van der Waals surface area contributed by atoms with Crippen molar-refractivity contribution in [3.05, 3.63) is 57.6 Å². The van der Waals surface area contributed by atoms with E-state index in [4.69, 9.17) is 0 Å². The minimum Gasteiger partial charge on any atom is -0.269 e. The van der Waals surface area contributed by atoms with Gasteiger partial charge in [0.2, 0.25) is 0 Å². The van der Waals surface area contributed by atoms with Gasteiger partial charge < -0.3 is 0 Å². The molecule has 0 aliphatic rings. The number of aromatic nitrogens is 2. The molecular weight excluding hydrogens is 244 g/mol. The van der Waals surface area contributed by atoms with Crippen molar-refractivity contribution in [2.75, 3.05) is 0 Å². The molecule has 2 heterocycles. The molecule has 70 valence electrons. The van der Waals surface area contributed by atoms with Crippen LogP contribution in [0.15, 0.2) is 52.0 Å². The first-order valence-corrected chi connectivity index (χ1v) is 4.87. The molecule has 0 fully saturated rings. The Balaban J connectivity index is 2.69. The van der Waals surface area contributed by atoms with E-state index < -0.39 is 0 Å². The highest BCUT2D eigenvalue weighted by molar-refractivity contribution is 9.10. The average molecular weight is 251 g/mol. The molecule has 0 radical (unpaired) electrons. The van der Waals surface area contributed by atoms with Crippen LogP contribution in [-0.2, 0) is 0 Å². The third kappa shape index (κ3) is 1.61. The highest BCUT2D eigenvalue weighted by Gasteiger charge is 2.02. The summed E-state index contributed by atoms with van der Waals surface area (Å²) in [5.41, 5.74) is -0.0990. The molecule has 0 saturated heterocycles. The van der Waals surface area contributed by atoms with Crippen LogP contribution in [0.1, 0.15) is 0 Å². The number of halogens is 1. The predicted molar refractivity (Wildman–Crippen MR) is 57.5 cm³/mol. The van der Waals surface area contributed by atoms with Crippen molar-refractivity contribution >= 4 is 15.9 Å². The molecule has 2 aromatic heterocycles. The Morgan fingerprint density at radius 2 is 2.00 bits per heavy atom. The van der Waals surface area contributed by atoms with Crippen molar-refractivity contribution in [3.8, 4) is 5.82 Å². The summed E-state index contributed by atoms with van der Waals surface area (Å²) in [6.07, 6.45) is 1.65. The van der Waals surface area contributed by atoms with E-state index in [0.717, 1.165) is 0 Å². The molecular formula is C10H7BrN2O. The molecule has 2 aromatic rings. The summed E-state index contributed by atoms with van der Waals surface area (Å²) in [7, 11) is 0. The highest BCUT2D eigenvalue weighted by atomic mass is 79.9. The lowest BCUT2D eigenvalue weighted by Crippen LogP contribution is -2.18. The lowest BCUT2D eigenvalue weighted by atomic mass is 10.4. The predicted octanol–water partition coefficient (Wildman–Crippen LogP) is 1.99. The lowest BCUT2D eigenvalue weighted by molar-refractivity contribution is 0.916. The molecule has 0 N–H and O–H groups in total. The fourth-order valence-electron chi connectivity index (χ4n) is 1.17. The first-order chi connectivity index (χ1) is 6.79. The third-order valence-corrected chi connectivity index (χ3v) is 2.40. The van der Waals surface area contributed by atoms with Gasteiger partial charge in [-0.15, -0.1) is 0 Å². The van der Waals surface area contributed by atoms with Crippen LogP contribution in [0.4, 0.5) is 0 Å². The second-order valence-corrected chi connectivity index (χ2v) is 3.52. The topological polar surface area (TPSA) is 34.9 Å². The van der Waals surface area contributed by atoms with Crippen LogP contribution >= 0.6 is 15.9 Å². The van der Waals surface area contributed by atoms with E-state index >= 15 is 0 Å². The maximum absolute atomic E-state index is 11.5. The van der Waals surface area contributed by atoms with Crippen molar-refractivity contribution in [1.29, 1.82) is 0 Å². The molecule has 3 nitrogen and oxygen atoms in total. The average Bonchev–Trinajstić information content (AvgIpc) is 2.19. The second kappa shape index (κ2) is 3.75. The summed E-state index contributed by atoms with van der Waals surface area (Å²) < 4.78 is 2.20. The molecule has 0 unspecified atom stereocenters.